The topological polar surface area (TPSA) is 54.5 Å². The lowest BCUT2D eigenvalue weighted by molar-refractivity contribution is -0.139. The first-order chi connectivity index (χ1) is 17.0. The summed E-state index contributed by atoms with van der Waals surface area (Å²) in [4.78, 5) is 16.1. The molecule has 0 N–H and O–H groups in total. The number of nitrogens with zero attached hydrogens (tertiary/aromatic N) is 1. The summed E-state index contributed by atoms with van der Waals surface area (Å²) in [6, 6.07) is 13.8. The Bertz CT molecular complexity index is 1220. The van der Waals surface area contributed by atoms with Crippen molar-refractivity contribution in [3.05, 3.63) is 64.7 Å². The summed E-state index contributed by atoms with van der Waals surface area (Å²) in [7, 11) is -3.68. The van der Waals surface area contributed by atoms with E-state index in [9.17, 15) is 22.0 Å². The minimum Gasteiger partial charge on any atom is -0.335 e. The smallest absolute Gasteiger partial charge is 0.254 e. The summed E-state index contributed by atoms with van der Waals surface area (Å²) >= 11 is 6.05. The van der Waals surface area contributed by atoms with Crippen molar-refractivity contribution in [2.75, 3.05) is 0 Å². The van der Waals surface area contributed by atoms with Crippen LogP contribution in [0.15, 0.2) is 53.4 Å². The van der Waals surface area contributed by atoms with Crippen LogP contribution < -0.4 is 0 Å². The van der Waals surface area contributed by atoms with Gasteiger partial charge in [-0.05, 0) is 75.3 Å². The highest BCUT2D eigenvalue weighted by atomic mass is 35.5. The van der Waals surface area contributed by atoms with E-state index in [0.717, 1.165) is 11.1 Å². The standard InChI is InChI=1S/C28H32ClF2NO3S/c1-19-5-11-23(12-6-19)36(34,35)25-4-2-3-24(25)26(33)32(17-20-7-9-21(29)10-8-20)22-13-15-27(16-14-22)18-28(27,30)31/h5-12,22,24-25H,2-4,13-18H2,1H3/t22?,24-,25-,27?/m1/s1. The van der Waals surface area contributed by atoms with Crippen molar-refractivity contribution in [3.8, 4) is 0 Å². The molecular formula is C28H32ClF2NO3S. The Labute approximate surface area is 216 Å². The number of rotatable bonds is 6. The molecular weight excluding hydrogens is 504 g/mol. The van der Waals surface area contributed by atoms with Crippen LogP contribution in [0, 0.1) is 18.3 Å². The number of aryl methyl sites for hydroxylation is 1. The Morgan fingerprint density at radius 3 is 2.19 bits per heavy atom. The van der Waals surface area contributed by atoms with Crippen LogP contribution in [0.1, 0.15) is 62.5 Å². The lowest BCUT2D eigenvalue weighted by Crippen LogP contribution is -2.47. The van der Waals surface area contributed by atoms with Crippen LogP contribution in [0.2, 0.25) is 5.02 Å². The number of sulfone groups is 1. The van der Waals surface area contributed by atoms with Crippen molar-refractivity contribution in [3.63, 3.8) is 0 Å². The quantitative estimate of drug-likeness (QED) is 0.419. The maximum atomic E-state index is 14.1. The molecule has 2 aromatic carbocycles. The molecule has 0 bridgehead atoms. The highest BCUT2D eigenvalue weighted by molar-refractivity contribution is 7.92. The molecule has 4 nitrogen and oxygen atoms in total. The summed E-state index contributed by atoms with van der Waals surface area (Å²) < 4.78 is 55.1. The van der Waals surface area contributed by atoms with E-state index < -0.39 is 32.3 Å². The maximum Gasteiger partial charge on any atom is 0.254 e. The normalized spacial score (nSPS) is 29.3. The van der Waals surface area contributed by atoms with E-state index in [2.05, 4.69) is 0 Å². The molecule has 3 fully saturated rings. The Morgan fingerprint density at radius 2 is 1.61 bits per heavy atom. The van der Waals surface area contributed by atoms with Gasteiger partial charge in [0.15, 0.2) is 9.84 Å². The van der Waals surface area contributed by atoms with Crippen LogP contribution in [0.4, 0.5) is 8.78 Å². The highest BCUT2D eigenvalue weighted by Crippen LogP contribution is 2.67. The molecule has 0 heterocycles. The average molecular weight is 536 g/mol. The molecule has 8 heteroatoms. The predicted octanol–water partition coefficient (Wildman–Crippen LogP) is 6.59. The molecule has 36 heavy (non-hydrogen) atoms. The lowest BCUT2D eigenvalue weighted by atomic mass is 9.81. The van der Waals surface area contributed by atoms with E-state index in [1.807, 2.05) is 19.1 Å². The third kappa shape index (κ3) is 4.69. The van der Waals surface area contributed by atoms with Crippen molar-refractivity contribution in [1.29, 1.82) is 0 Å². The summed E-state index contributed by atoms with van der Waals surface area (Å²) in [5, 5.41) is -0.185. The first-order valence-corrected chi connectivity index (χ1v) is 14.7. The first kappa shape index (κ1) is 25.7. The van der Waals surface area contributed by atoms with Crippen molar-refractivity contribution in [1.82, 2.24) is 4.90 Å². The van der Waals surface area contributed by atoms with Crippen LogP contribution >= 0.6 is 11.6 Å². The fourth-order valence-corrected chi connectivity index (χ4v) is 8.41. The fraction of sp³-hybridized carbons (Fsp3) is 0.536. The Hall–Kier alpha value is -1.99. The zero-order chi connectivity index (χ0) is 25.7. The SMILES string of the molecule is Cc1ccc(S(=O)(=O)[C@@H]2CCC[C@H]2C(=O)N(Cc2ccc(Cl)cc2)C2CCC3(CC2)CC3(F)F)cc1. The molecule has 3 aliphatic rings. The Balaban J connectivity index is 1.40. The fourth-order valence-electron chi connectivity index (χ4n) is 6.26. The van der Waals surface area contributed by atoms with Crippen LogP contribution in [-0.4, -0.2) is 36.4 Å². The van der Waals surface area contributed by atoms with Crippen molar-refractivity contribution in [2.24, 2.45) is 11.3 Å². The van der Waals surface area contributed by atoms with Gasteiger partial charge in [0.1, 0.15) is 0 Å². The zero-order valence-corrected chi connectivity index (χ0v) is 22.0. The van der Waals surface area contributed by atoms with Gasteiger partial charge >= 0.3 is 0 Å². The van der Waals surface area contributed by atoms with E-state index in [4.69, 9.17) is 11.6 Å². The molecule has 5 rings (SSSR count). The minimum absolute atomic E-state index is 0.0582. The van der Waals surface area contributed by atoms with Gasteiger partial charge in [-0.1, -0.05) is 47.9 Å². The minimum atomic E-state index is -3.68. The molecule has 0 aliphatic heterocycles. The summed E-state index contributed by atoms with van der Waals surface area (Å²) in [6.07, 6.45) is 3.38. The van der Waals surface area contributed by atoms with E-state index >= 15 is 0 Å². The van der Waals surface area contributed by atoms with Crippen LogP contribution in [-0.2, 0) is 21.2 Å². The first-order valence-electron chi connectivity index (χ1n) is 12.8. The number of amides is 1. The van der Waals surface area contributed by atoms with Crippen molar-refractivity contribution >= 4 is 27.3 Å². The molecule has 3 aliphatic carbocycles. The molecule has 2 aromatic rings. The third-order valence-corrected chi connectivity index (χ3v) is 11.2. The second-order valence-corrected chi connectivity index (χ2v) is 13.5. The number of halogens is 3. The number of carbonyl (C=O) groups excluding carboxylic acids is 1. The van der Waals surface area contributed by atoms with Gasteiger partial charge in [-0.15, -0.1) is 0 Å². The molecule has 0 saturated heterocycles. The molecule has 0 aromatic heterocycles. The van der Waals surface area contributed by atoms with Gasteiger partial charge in [0.2, 0.25) is 5.91 Å². The number of carbonyl (C=O) groups is 1. The second-order valence-electron chi connectivity index (χ2n) is 10.9. The van der Waals surface area contributed by atoms with E-state index in [-0.39, 0.29) is 23.3 Å². The van der Waals surface area contributed by atoms with Crippen molar-refractivity contribution in [2.45, 2.75) is 86.9 Å². The Kier molecular flexibility index (Phi) is 6.69. The molecule has 2 atom stereocenters. The summed E-state index contributed by atoms with van der Waals surface area (Å²) in [6.45, 7) is 2.22. The second kappa shape index (κ2) is 9.39. The molecule has 194 valence electrons. The number of alkyl halides is 2. The van der Waals surface area contributed by atoms with Crippen LogP contribution in [0.5, 0.6) is 0 Å². The van der Waals surface area contributed by atoms with Gasteiger partial charge in [0, 0.05) is 29.4 Å². The van der Waals surface area contributed by atoms with Gasteiger partial charge in [-0.25, -0.2) is 17.2 Å². The van der Waals surface area contributed by atoms with Crippen LogP contribution in [0.3, 0.4) is 0 Å². The lowest BCUT2D eigenvalue weighted by Gasteiger charge is -2.39. The molecule has 0 radical (unpaired) electrons. The van der Waals surface area contributed by atoms with E-state index in [1.165, 1.54) is 0 Å². The summed E-state index contributed by atoms with van der Waals surface area (Å²) in [5.41, 5.74) is 0.961. The van der Waals surface area contributed by atoms with Gasteiger partial charge in [0.25, 0.3) is 5.92 Å². The number of hydrogen-bond donors (Lipinski definition) is 0. The molecule has 3 saturated carbocycles. The third-order valence-electron chi connectivity index (χ3n) is 8.63. The Morgan fingerprint density at radius 1 is 1.00 bits per heavy atom. The average Bonchev–Trinajstić information content (AvgIpc) is 3.16. The number of hydrogen-bond acceptors (Lipinski definition) is 3. The van der Waals surface area contributed by atoms with Crippen molar-refractivity contribution < 1.29 is 22.0 Å². The van der Waals surface area contributed by atoms with Gasteiger partial charge in [-0.3, -0.25) is 4.79 Å². The summed E-state index contributed by atoms with van der Waals surface area (Å²) in [5.74, 6) is -3.41. The van der Waals surface area contributed by atoms with E-state index in [1.54, 1.807) is 41.3 Å². The van der Waals surface area contributed by atoms with Gasteiger partial charge < -0.3 is 4.90 Å². The van der Waals surface area contributed by atoms with E-state index in [0.29, 0.717) is 56.5 Å². The predicted molar refractivity (Wildman–Crippen MR) is 136 cm³/mol. The zero-order valence-electron chi connectivity index (χ0n) is 20.4. The monoisotopic (exact) mass is 535 g/mol. The molecule has 1 amide bonds. The molecule has 0 unspecified atom stereocenters. The van der Waals surface area contributed by atoms with Crippen LogP contribution in [0.25, 0.3) is 0 Å². The number of benzene rings is 2. The van der Waals surface area contributed by atoms with Gasteiger partial charge in [-0.2, -0.15) is 0 Å². The largest absolute Gasteiger partial charge is 0.335 e. The van der Waals surface area contributed by atoms with Gasteiger partial charge in [0.05, 0.1) is 16.1 Å². The maximum absolute atomic E-state index is 14.1. The highest BCUT2D eigenvalue weighted by Gasteiger charge is 2.70. The molecule has 1 spiro atoms.